The van der Waals surface area contributed by atoms with E-state index in [4.69, 9.17) is 16.3 Å². The molecule has 3 aromatic carbocycles. The Balaban J connectivity index is 1.44. The van der Waals surface area contributed by atoms with E-state index in [2.05, 4.69) is 5.32 Å². The summed E-state index contributed by atoms with van der Waals surface area (Å²) in [6.45, 7) is 1.62. The van der Waals surface area contributed by atoms with Crippen molar-refractivity contribution in [1.29, 1.82) is 0 Å². The van der Waals surface area contributed by atoms with Gasteiger partial charge in [0.1, 0.15) is 5.75 Å². The summed E-state index contributed by atoms with van der Waals surface area (Å²) in [6.07, 6.45) is -0.777. The van der Waals surface area contributed by atoms with E-state index in [1.54, 1.807) is 79.7 Å². The number of rotatable bonds is 5. The first-order valence-corrected chi connectivity index (χ1v) is 9.63. The second kappa shape index (κ2) is 8.00. The predicted octanol–water partition coefficient (Wildman–Crippen LogP) is 4.55. The molecule has 1 N–H and O–H groups in total. The summed E-state index contributed by atoms with van der Waals surface area (Å²) < 4.78 is 5.61. The average Bonchev–Trinajstić information content (AvgIpc) is 3.01. The molecule has 0 fully saturated rings. The number of nitrogens with zero attached hydrogens (tertiary/aromatic N) is 1. The van der Waals surface area contributed by atoms with Gasteiger partial charge in [-0.3, -0.25) is 14.4 Å². The maximum absolute atomic E-state index is 12.6. The molecule has 4 rings (SSSR count). The van der Waals surface area contributed by atoms with Gasteiger partial charge in [0.05, 0.1) is 21.8 Å². The topological polar surface area (TPSA) is 75.7 Å². The zero-order chi connectivity index (χ0) is 21.3. The Kier molecular flexibility index (Phi) is 5.25. The maximum Gasteiger partial charge on any atom is 0.266 e. The molecule has 1 heterocycles. The SMILES string of the molecule is CC(Oc1ccccc1Cl)C(=O)Nc1ccc(N2C(=O)c3ccccc3C2=O)cc1. The number of anilines is 2. The van der Waals surface area contributed by atoms with Crippen molar-refractivity contribution in [2.75, 3.05) is 10.2 Å². The van der Waals surface area contributed by atoms with Crippen LogP contribution in [-0.2, 0) is 4.79 Å². The van der Waals surface area contributed by atoms with Crippen molar-refractivity contribution in [2.24, 2.45) is 0 Å². The minimum atomic E-state index is -0.777. The number of benzene rings is 3. The fourth-order valence-corrected chi connectivity index (χ4v) is 3.33. The Morgan fingerprint density at radius 3 is 2.07 bits per heavy atom. The fraction of sp³-hybridized carbons (Fsp3) is 0.0870. The van der Waals surface area contributed by atoms with Gasteiger partial charge < -0.3 is 10.1 Å². The van der Waals surface area contributed by atoms with Crippen LogP contribution in [0.5, 0.6) is 5.75 Å². The lowest BCUT2D eigenvalue weighted by Crippen LogP contribution is -2.30. The molecule has 1 aliphatic heterocycles. The monoisotopic (exact) mass is 420 g/mol. The number of carbonyl (C=O) groups is 3. The molecule has 0 saturated carbocycles. The summed E-state index contributed by atoms with van der Waals surface area (Å²) >= 11 is 6.05. The number of hydrogen-bond donors (Lipinski definition) is 1. The van der Waals surface area contributed by atoms with E-state index in [9.17, 15) is 14.4 Å². The molecule has 7 heteroatoms. The van der Waals surface area contributed by atoms with Gasteiger partial charge in [0, 0.05) is 5.69 Å². The molecule has 6 nitrogen and oxygen atoms in total. The number of hydrogen-bond acceptors (Lipinski definition) is 4. The van der Waals surface area contributed by atoms with Gasteiger partial charge in [0.2, 0.25) is 0 Å². The highest BCUT2D eigenvalue weighted by Gasteiger charge is 2.36. The number of carbonyl (C=O) groups excluding carboxylic acids is 3. The van der Waals surface area contributed by atoms with Crippen LogP contribution in [0.15, 0.2) is 72.8 Å². The quantitative estimate of drug-likeness (QED) is 0.614. The molecule has 0 spiro atoms. The van der Waals surface area contributed by atoms with Crippen molar-refractivity contribution in [2.45, 2.75) is 13.0 Å². The first-order valence-electron chi connectivity index (χ1n) is 9.25. The molecule has 0 saturated heterocycles. The number of halogens is 1. The lowest BCUT2D eigenvalue weighted by atomic mass is 10.1. The third-order valence-electron chi connectivity index (χ3n) is 4.70. The number of imide groups is 1. The number of para-hydroxylation sites is 1. The summed E-state index contributed by atoms with van der Waals surface area (Å²) in [6, 6.07) is 20.1. The number of amides is 3. The first kappa shape index (κ1) is 19.7. The normalized spacial score (nSPS) is 13.7. The largest absolute Gasteiger partial charge is 0.479 e. The van der Waals surface area contributed by atoms with Crippen molar-refractivity contribution >= 4 is 40.7 Å². The molecule has 0 aliphatic carbocycles. The highest BCUT2D eigenvalue weighted by molar-refractivity contribution is 6.34. The van der Waals surface area contributed by atoms with E-state index in [0.717, 1.165) is 4.90 Å². The van der Waals surface area contributed by atoms with E-state index in [1.165, 1.54) is 0 Å². The lowest BCUT2D eigenvalue weighted by Gasteiger charge is -2.17. The Bertz CT molecular complexity index is 1110. The summed E-state index contributed by atoms with van der Waals surface area (Å²) in [4.78, 5) is 38.7. The number of nitrogens with one attached hydrogen (secondary N) is 1. The summed E-state index contributed by atoms with van der Waals surface area (Å²) in [5.74, 6) is -0.672. The molecule has 3 aromatic rings. The minimum Gasteiger partial charge on any atom is -0.479 e. The van der Waals surface area contributed by atoms with Crippen LogP contribution in [0.25, 0.3) is 0 Å². The minimum absolute atomic E-state index is 0.358. The molecule has 1 unspecified atom stereocenters. The van der Waals surface area contributed by atoms with Crippen LogP contribution in [-0.4, -0.2) is 23.8 Å². The van der Waals surface area contributed by atoms with Gasteiger partial charge in [0.25, 0.3) is 17.7 Å². The van der Waals surface area contributed by atoms with Gasteiger partial charge in [0.15, 0.2) is 6.10 Å². The zero-order valence-electron chi connectivity index (χ0n) is 16.0. The Morgan fingerprint density at radius 1 is 0.900 bits per heavy atom. The Labute approximate surface area is 178 Å². The van der Waals surface area contributed by atoms with Crippen LogP contribution in [0, 0.1) is 0 Å². The van der Waals surface area contributed by atoms with Gasteiger partial charge in [-0.15, -0.1) is 0 Å². The molecular formula is C23H17ClN2O4. The number of fused-ring (bicyclic) bond motifs is 1. The molecule has 30 heavy (non-hydrogen) atoms. The van der Waals surface area contributed by atoms with E-state index < -0.39 is 6.10 Å². The Hall–Kier alpha value is -3.64. The smallest absolute Gasteiger partial charge is 0.266 e. The van der Waals surface area contributed by atoms with Gasteiger partial charge in [-0.2, -0.15) is 0 Å². The van der Waals surface area contributed by atoms with Crippen molar-refractivity contribution in [3.8, 4) is 5.75 Å². The van der Waals surface area contributed by atoms with E-state index in [0.29, 0.717) is 33.3 Å². The second-order valence-electron chi connectivity index (χ2n) is 6.72. The van der Waals surface area contributed by atoms with Crippen molar-refractivity contribution in [3.05, 3.63) is 88.9 Å². The molecule has 3 amide bonds. The van der Waals surface area contributed by atoms with Crippen LogP contribution in [0.2, 0.25) is 5.02 Å². The van der Waals surface area contributed by atoms with Crippen LogP contribution in [0.4, 0.5) is 11.4 Å². The van der Waals surface area contributed by atoms with Crippen molar-refractivity contribution in [3.63, 3.8) is 0 Å². The van der Waals surface area contributed by atoms with Crippen LogP contribution >= 0.6 is 11.6 Å². The highest BCUT2D eigenvalue weighted by Crippen LogP contribution is 2.29. The van der Waals surface area contributed by atoms with Gasteiger partial charge in [-0.05, 0) is 55.5 Å². The summed E-state index contributed by atoms with van der Waals surface area (Å²) in [5.41, 5.74) is 1.70. The van der Waals surface area contributed by atoms with E-state index in [-0.39, 0.29) is 17.7 Å². The summed E-state index contributed by atoms with van der Waals surface area (Å²) in [7, 11) is 0. The van der Waals surface area contributed by atoms with Gasteiger partial charge in [-0.25, -0.2) is 4.90 Å². The van der Waals surface area contributed by atoms with Gasteiger partial charge in [-0.1, -0.05) is 35.9 Å². The highest BCUT2D eigenvalue weighted by atomic mass is 35.5. The Morgan fingerprint density at radius 2 is 1.47 bits per heavy atom. The molecule has 0 aromatic heterocycles. The standard InChI is InChI=1S/C23H17ClN2O4/c1-14(30-20-9-5-4-8-19(20)24)21(27)25-15-10-12-16(13-11-15)26-22(28)17-6-2-3-7-18(17)23(26)29/h2-14H,1H3,(H,25,27). The molecular weight excluding hydrogens is 404 g/mol. The molecule has 150 valence electrons. The fourth-order valence-electron chi connectivity index (χ4n) is 3.15. The average molecular weight is 421 g/mol. The van der Waals surface area contributed by atoms with Crippen molar-refractivity contribution < 1.29 is 19.1 Å². The zero-order valence-corrected chi connectivity index (χ0v) is 16.7. The van der Waals surface area contributed by atoms with Crippen LogP contribution in [0.1, 0.15) is 27.6 Å². The van der Waals surface area contributed by atoms with Crippen molar-refractivity contribution in [1.82, 2.24) is 0 Å². The van der Waals surface area contributed by atoms with Crippen LogP contribution < -0.4 is 15.0 Å². The lowest BCUT2D eigenvalue weighted by molar-refractivity contribution is -0.122. The maximum atomic E-state index is 12.6. The van der Waals surface area contributed by atoms with Crippen LogP contribution in [0.3, 0.4) is 0 Å². The third-order valence-corrected chi connectivity index (χ3v) is 5.01. The van der Waals surface area contributed by atoms with Gasteiger partial charge >= 0.3 is 0 Å². The first-order chi connectivity index (χ1) is 14.5. The third kappa shape index (κ3) is 3.65. The molecule has 1 atom stereocenters. The van der Waals surface area contributed by atoms with E-state index in [1.807, 2.05) is 0 Å². The second-order valence-corrected chi connectivity index (χ2v) is 7.13. The molecule has 0 radical (unpaired) electrons. The predicted molar refractivity (Wildman–Crippen MR) is 114 cm³/mol. The molecule has 1 aliphatic rings. The molecule has 0 bridgehead atoms. The van der Waals surface area contributed by atoms with E-state index >= 15 is 0 Å². The summed E-state index contributed by atoms with van der Waals surface area (Å²) in [5, 5.41) is 3.16. The number of ether oxygens (including phenoxy) is 1.